The summed E-state index contributed by atoms with van der Waals surface area (Å²) in [6.45, 7) is 4.40. The highest BCUT2D eigenvalue weighted by Crippen LogP contribution is 2.63. The summed E-state index contributed by atoms with van der Waals surface area (Å²) in [5.41, 5.74) is 0.634. The maximum Gasteiger partial charge on any atom is 0.310 e. The van der Waals surface area contributed by atoms with E-state index in [4.69, 9.17) is 9.15 Å². The summed E-state index contributed by atoms with van der Waals surface area (Å²) < 4.78 is 10.9. The molecule has 124 valence electrons. The summed E-state index contributed by atoms with van der Waals surface area (Å²) in [5.74, 6) is 0.0486. The maximum absolute atomic E-state index is 12.8. The molecule has 1 aromatic heterocycles. The molecule has 3 fully saturated rings. The molecule has 2 aliphatic carbocycles. The fraction of sp³-hybridized carbons (Fsp3) is 0.684. The van der Waals surface area contributed by atoms with Gasteiger partial charge in [0.25, 0.3) is 0 Å². The number of carbonyl (C=O) groups excluding carboxylic acids is 2. The van der Waals surface area contributed by atoms with E-state index in [2.05, 4.69) is 13.8 Å². The van der Waals surface area contributed by atoms with Gasteiger partial charge in [0.05, 0.1) is 18.4 Å². The molecule has 0 radical (unpaired) electrons. The van der Waals surface area contributed by atoms with Crippen LogP contribution in [0.3, 0.4) is 0 Å². The van der Waals surface area contributed by atoms with E-state index < -0.39 is 0 Å². The summed E-state index contributed by atoms with van der Waals surface area (Å²) in [6.07, 6.45) is 8.21. The topological polar surface area (TPSA) is 56.5 Å². The standard InChI is InChI=1S/C19H24O4/c1-18-7-3-4-14(20)16(18)19(2)10-15(12-6-9-22-11-12)23-17(21)13(19)5-8-18/h6,9,11,13,15-16H,3-5,7-8,10H2,1-2H3/t13-,15-,16-,18+,19-/m0/s1. The van der Waals surface area contributed by atoms with E-state index in [9.17, 15) is 9.59 Å². The van der Waals surface area contributed by atoms with Gasteiger partial charge in [0, 0.05) is 17.9 Å². The number of cyclic esters (lactones) is 1. The Morgan fingerprint density at radius 2 is 2.04 bits per heavy atom. The van der Waals surface area contributed by atoms with Crippen molar-refractivity contribution in [2.45, 2.75) is 58.5 Å². The molecular formula is C19H24O4. The smallest absolute Gasteiger partial charge is 0.310 e. The van der Waals surface area contributed by atoms with E-state index in [-0.39, 0.29) is 34.7 Å². The number of ketones is 1. The van der Waals surface area contributed by atoms with E-state index >= 15 is 0 Å². The molecular weight excluding hydrogens is 292 g/mol. The van der Waals surface area contributed by atoms with E-state index in [1.165, 1.54) is 0 Å². The van der Waals surface area contributed by atoms with Crippen molar-refractivity contribution < 1.29 is 18.7 Å². The first-order valence-corrected chi connectivity index (χ1v) is 8.69. The first kappa shape index (κ1) is 15.0. The quantitative estimate of drug-likeness (QED) is 0.733. The van der Waals surface area contributed by atoms with Crippen molar-refractivity contribution in [3.05, 3.63) is 24.2 Å². The summed E-state index contributed by atoms with van der Waals surface area (Å²) in [7, 11) is 0. The highest BCUT2D eigenvalue weighted by atomic mass is 16.5. The molecule has 2 saturated carbocycles. The van der Waals surface area contributed by atoms with Crippen LogP contribution in [0.2, 0.25) is 0 Å². The number of Topliss-reactive ketones (excluding diaryl/α,β-unsaturated/α-hetero) is 1. The van der Waals surface area contributed by atoms with Crippen LogP contribution in [0.5, 0.6) is 0 Å². The van der Waals surface area contributed by atoms with Crippen molar-refractivity contribution in [2.24, 2.45) is 22.7 Å². The average molecular weight is 316 g/mol. The average Bonchev–Trinajstić information content (AvgIpc) is 2.99. The fourth-order valence-electron chi connectivity index (χ4n) is 5.74. The molecule has 2 heterocycles. The number of fused-ring (bicyclic) bond motifs is 3. The van der Waals surface area contributed by atoms with E-state index in [1.807, 2.05) is 6.07 Å². The number of rotatable bonds is 1. The van der Waals surface area contributed by atoms with Crippen LogP contribution in [-0.4, -0.2) is 11.8 Å². The van der Waals surface area contributed by atoms with Gasteiger partial charge in [-0.15, -0.1) is 0 Å². The molecule has 1 saturated heterocycles. The van der Waals surface area contributed by atoms with Gasteiger partial charge in [-0.2, -0.15) is 0 Å². The molecule has 5 atom stereocenters. The molecule has 0 unspecified atom stereocenters. The minimum Gasteiger partial charge on any atom is -0.472 e. The number of furan rings is 1. The van der Waals surface area contributed by atoms with Crippen molar-refractivity contribution >= 4 is 11.8 Å². The minimum absolute atomic E-state index is 0.0234. The van der Waals surface area contributed by atoms with Crippen molar-refractivity contribution in [1.82, 2.24) is 0 Å². The third-order valence-corrected chi connectivity index (χ3v) is 6.73. The lowest BCUT2D eigenvalue weighted by Gasteiger charge is -2.58. The molecule has 0 amide bonds. The third-order valence-electron chi connectivity index (χ3n) is 6.73. The summed E-state index contributed by atoms with van der Waals surface area (Å²) in [5, 5.41) is 0. The number of hydrogen-bond donors (Lipinski definition) is 0. The number of esters is 1. The van der Waals surface area contributed by atoms with Crippen LogP contribution < -0.4 is 0 Å². The third kappa shape index (κ3) is 2.10. The van der Waals surface area contributed by atoms with Crippen LogP contribution in [0.1, 0.15) is 64.0 Å². The fourth-order valence-corrected chi connectivity index (χ4v) is 5.74. The lowest BCUT2D eigenvalue weighted by Crippen LogP contribution is -2.58. The van der Waals surface area contributed by atoms with E-state index in [1.54, 1.807) is 12.5 Å². The molecule has 1 aliphatic heterocycles. The van der Waals surface area contributed by atoms with Crippen molar-refractivity contribution in [3.8, 4) is 0 Å². The van der Waals surface area contributed by atoms with Crippen LogP contribution in [-0.2, 0) is 14.3 Å². The largest absolute Gasteiger partial charge is 0.472 e. The van der Waals surface area contributed by atoms with Crippen LogP contribution in [0.15, 0.2) is 23.0 Å². The predicted octanol–water partition coefficient (Wildman–Crippen LogP) is 4.06. The molecule has 0 N–H and O–H groups in total. The number of hydrogen-bond acceptors (Lipinski definition) is 4. The second kappa shape index (κ2) is 4.96. The predicted molar refractivity (Wildman–Crippen MR) is 83.4 cm³/mol. The Balaban J connectivity index is 1.74. The van der Waals surface area contributed by atoms with Crippen LogP contribution >= 0.6 is 0 Å². The Hall–Kier alpha value is -1.58. The normalized spacial score (nSPS) is 43.5. The molecule has 4 rings (SSSR count). The lowest BCUT2D eigenvalue weighted by molar-refractivity contribution is -0.195. The molecule has 23 heavy (non-hydrogen) atoms. The van der Waals surface area contributed by atoms with Gasteiger partial charge in [-0.05, 0) is 49.0 Å². The van der Waals surface area contributed by atoms with Crippen LogP contribution in [0, 0.1) is 22.7 Å². The molecule has 0 aromatic carbocycles. The highest BCUT2D eigenvalue weighted by Gasteiger charge is 2.62. The number of carbonyl (C=O) groups is 2. The van der Waals surface area contributed by atoms with Gasteiger partial charge in [-0.25, -0.2) is 0 Å². The van der Waals surface area contributed by atoms with Crippen LogP contribution in [0.25, 0.3) is 0 Å². The highest BCUT2D eigenvalue weighted by molar-refractivity contribution is 5.86. The Bertz CT molecular complexity index is 634. The first-order valence-electron chi connectivity index (χ1n) is 8.69. The van der Waals surface area contributed by atoms with Crippen LogP contribution in [0.4, 0.5) is 0 Å². The molecule has 4 nitrogen and oxygen atoms in total. The number of ether oxygens (including phenoxy) is 1. The zero-order valence-electron chi connectivity index (χ0n) is 13.8. The van der Waals surface area contributed by atoms with Crippen molar-refractivity contribution in [2.75, 3.05) is 0 Å². The second-order valence-corrected chi connectivity index (χ2v) is 8.19. The van der Waals surface area contributed by atoms with Gasteiger partial charge in [0.1, 0.15) is 11.9 Å². The zero-order valence-corrected chi connectivity index (χ0v) is 13.8. The molecule has 3 aliphatic rings. The van der Waals surface area contributed by atoms with E-state index in [0.29, 0.717) is 12.2 Å². The summed E-state index contributed by atoms with van der Waals surface area (Å²) in [4.78, 5) is 25.5. The van der Waals surface area contributed by atoms with Crippen molar-refractivity contribution in [3.63, 3.8) is 0 Å². The van der Waals surface area contributed by atoms with Gasteiger partial charge in [-0.1, -0.05) is 13.8 Å². The Morgan fingerprint density at radius 3 is 2.78 bits per heavy atom. The maximum atomic E-state index is 12.8. The Kier molecular flexibility index (Phi) is 3.23. The van der Waals surface area contributed by atoms with Gasteiger partial charge >= 0.3 is 5.97 Å². The zero-order chi connectivity index (χ0) is 16.2. The molecule has 4 heteroatoms. The summed E-state index contributed by atoms with van der Waals surface area (Å²) in [6, 6.07) is 1.85. The molecule has 0 bridgehead atoms. The monoisotopic (exact) mass is 316 g/mol. The van der Waals surface area contributed by atoms with E-state index in [0.717, 1.165) is 37.7 Å². The van der Waals surface area contributed by atoms with Gasteiger partial charge < -0.3 is 9.15 Å². The van der Waals surface area contributed by atoms with Gasteiger partial charge in [0.15, 0.2) is 0 Å². The molecule has 0 spiro atoms. The van der Waals surface area contributed by atoms with Crippen molar-refractivity contribution in [1.29, 1.82) is 0 Å². The minimum atomic E-state index is -0.304. The lowest BCUT2D eigenvalue weighted by atomic mass is 9.46. The van der Waals surface area contributed by atoms with Gasteiger partial charge in [0.2, 0.25) is 0 Å². The molecule has 1 aromatic rings. The second-order valence-electron chi connectivity index (χ2n) is 8.19. The Morgan fingerprint density at radius 1 is 1.22 bits per heavy atom. The SMILES string of the molecule is C[C@]12CCCC(=O)[C@@H]1[C@@]1(C)C[C@@H](c3ccoc3)OC(=O)[C@@H]1CC2. The van der Waals surface area contributed by atoms with Gasteiger partial charge in [-0.3, -0.25) is 9.59 Å². The summed E-state index contributed by atoms with van der Waals surface area (Å²) >= 11 is 0. The Labute approximate surface area is 136 Å². The first-order chi connectivity index (χ1) is 10.9.